The average molecular weight is 337 g/mol. The van der Waals surface area contributed by atoms with Crippen LogP contribution in [0.5, 0.6) is 0 Å². The Morgan fingerprint density at radius 3 is 2.83 bits per heavy atom. The number of anilines is 1. The molecule has 1 aliphatic rings. The molecule has 1 aliphatic heterocycles. The third-order valence-electron chi connectivity index (χ3n) is 4.57. The van der Waals surface area contributed by atoms with Crippen LogP contribution in [0.3, 0.4) is 0 Å². The molecular weight excluding hydrogens is 318 g/mol. The van der Waals surface area contributed by atoms with Crippen LogP contribution in [-0.4, -0.2) is 21.1 Å². The van der Waals surface area contributed by atoms with Crippen molar-refractivity contribution in [3.05, 3.63) is 53.1 Å². The standard InChI is InChI=1S/C19H19N3OS/c1-11-9-15-16(10-12(11)2)22-19(21-15)24-17-8-7-13-5-3-4-6-14(13)20-18(17)23/h3-6,9-10,17H,7-8H2,1-2H3,(H,20,23)(H,21,22). The van der Waals surface area contributed by atoms with E-state index < -0.39 is 0 Å². The van der Waals surface area contributed by atoms with Gasteiger partial charge in [0.25, 0.3) is 0 Å². The molecule has 1 unspecified atom stereocenters. The number of benzene rings is 2. The Bertz CT molecular complexity index is 893. The molecule has 5 heteroatoms. The van der Waals surface area contributed by atoms with Gasteiger partial charge in [0, 0.05) is 5.69 Å². The highest BCUT2D eigenvalue weighted by atomic mass is 32.2. The number of thioether (sulfide) groups is 1. The average Bonchev–Trinajstić information content (AvgIpc) is 2.86. The number of H-pyrrole nitrogens is 1. The van der Waals surface area contributed by atoms with Crippen LogP contribution in [0.15, 0.2) is 41.6 Å². The first kappa shape index (κ1) is 15.3. The highest BCUT2D eigenvalue weighted by Gasteiger charge is 2.25. The van der Waals surface area contributed by atoms with E-state index in [4.69, 9.17) is 0 Å². The van der Waals surface area contributed by atoms with E-state index in [2.05, 4.69) is 47.3 Å². The molecule has 2 aromatic carbocycles. The lowest BCUT2D eigenvalue weighted by Gasteiger charge is -2.10. The van der Waals surface area contributed by atoms with Gasteiger partial charge in [-0.1, -0.05) is 30.0 Å². The molecule has 0 bridgehead atoms. The van der Waals surface area contributed by atoms with Crippen molar-refractivity contribution >= 4 is 34.4 Å². The van der Waals surface area contributed by atoms with Crippen molar-refractivity contribution in [1.82, 2.24) is 9.97 Å². The number of carbonyl (C=O) groups is 1. The molecular formula is C19H19N3OS. The van der Waals surface area contributed by atoms with Gasteiger partial charge in [0.1, 0.15) is 0 Å². The number of nitrogens with zero attached hydrogens (tertiary/aromatic N) is 1. The van der Waals surface area contributed by atoms with Crippen molar-refractivity contribution in [3.8, 4) is 0 Å². The van der Waals surface area contributed by atoms with E-state index in [9.17, 15) is 4.79 Å². The zero-order valence-electron chi connectivity index (χ0n) is 13.7. The molecule has 1 aromatic heterocycles. The maximum atomic E-state index is 12.5. The van der Waals surface area contributed by atoms with Gasteiger partial charge in [0.05, 0.1) is 16.3 Å². The van der Waals surface area contributed by atoms with Crippen molar-refractivity contribution in [2.24, 2.45) is 0 Å². The van der Waals surface area contributed by atoms with E-state index >= 15 is 0 Å². The Kier molecular flexibility index (Phi) is 3.81. The van der Waals surface area contributed by atoms with Crippen molar-refractivity contribution < 1.29 is 4.79 Å². The van der Waals surface area contributed by atoms with Gasteiger partial charge in [-0.2, -0.15) is 0 Å². The molecule has 4 nitrogen and oxygen atoms in total. The molecule has 0 radical (unpaired) electrons. The maximum absolute atomic E-state index is 12.5. The second-order valence-electron chi connectivity index (χ2n) is 6.29. The Balaban J connectivity index is 1.58. The number of hydrogen-bond donors (Lipinski definition) is 2. The van der Waals surface area contributed by atoms with Crippen LogP contribution in [0.1, 0.15) is 23.1 Å². The van der Waals surface area contributed by atoms with E-state index in [0.717, 1.165) is 34.7 Å². The summed E-state index contributed by atoms with van der Waals surface area (Å²) >= 11 is 1.52. The van der Waals surface area contributed by atoms with Crippen LogP contribution in [0, 0.1) is 13.8 Å². The Labute approximate surface area is 145 Å². The van der Waals surface area contributed by atoms with Gasteiger partial charge in [0.2, 0.25) is 5.91 Å². The fraction of sp³-hybridized carbons (Fsp3) is 0.263. The summed E-state index contributed by atoms with van der Waals surface area (Å²) in [5.41, 5.74) is 6.58. The Morgan fingerprint density at radius 2 is 1.96 bits per heavy atom. The van der Waals surface area contributed by atoms with Gasteiger partial charge >= 0.3 is 0 Å². The van der Waals surface area contributed by atoms with Crippen LogP contribution >= 0.6 is 11.8 Å². The number of aromatic amines is 1. The van der Waals surface area contributed by atoms with Crippen LogP contribution < -0.4 is 5.32 Å². The maximum Gasteiger partial charge on any atom is 0.237 e. The summed E-state index contributed by atoms with van der Waals surface area (Å²) < 4.78 is 0. The second kappa shape index (κ2) is 5.98. The molecule has 0 spiro atoms. The quantitative estimate of drug-likeness (QED) is 0.736. The minimum absolute atomic E-state index is 0.0535. The monoisotopic (exact) mass is 337 g/mol. The molecule has 4 rings (SSSR count). The molecule has 2 N–H and O–H groups in total. The number of rotatable bonds is 2. The van der Waals surface area contributed by atoms with Crippen molar-refractivity contribution in [3.63, 3.8) is 0 Å². The highest BCUT2D eigenvalue weighted by Crippen LogP contribution is 2.31. The summed E-state index contributed by atoms with van der Waals surface area (Å²) in [6.07, 6.45) is 1.70. The fourth-order valence-electron chi connectivity index (χ4n) is 3.04. The van der Waals surface area contributed by atoms with Gasteiger partial charge in [-0.3, -0.25) is 4.79 Å². The molecule has 0 fully saturated rings. The topological polar surface area (TPSA) is 57.8 Å². The normalized spacial score (nSPS) is 17.4. The Morgan fingerprint density at radius 1 is 1.17 bits per heavy atom. The zero-order chi connectivity index (χ0) is 16.7. The van der Waals surface area contributed by atoms with Crippen molar-refractivity contribution in [1.29, 1.82) is 0 Å². The minimum Gasteiger partial charge on any atom is -0.333 e. The second-order valence-corrected chi connectivity index (χ2v) is 7.48. The first-order chi connectivity index (χ1) is 11.6. The van der Waals surface area contributed by atoms with Gasteiger partial charge < -0.3 is 10.3 Å². The van der Waals surface area contributed by atoms with Crippen molar-refractivity contribution in [2.45, 2.75) is 37.1 Å². The highest BCUT2D eigenvalue weighted by molar-refractivity contribution is 8.00. The van der Waals surface area contributed by atoms with E-state index in [1.165, 1.54) is 28.5 Å². The molecule has 3 aromatic rings. The number of fused-ring (bicyclic) bond motifs is 2. The number of amides is 1. The predicted octanol–water partition coefficient (Wildman–Crippen LogP) is 4.23. The summed E-state index contributed by atoms with van der Waals surface area (Å²) in [4.78, 5) is 20.5. The van der Waals surface area contributed by atoms with E-state index in [0.29, 0.717) is 0 Å². The van der Waals surface area contributed by atoms with E-state index in [1.54, 1.807) is 0 Å². The number of aromatic nitrogens is 2. The third kappa shape index (κ3) is 2.80. The van der Waals surface area contributed by atoms with E-state index in [1.807, 2.05) is 18.2 Å². The third-order valence-corrected chi connectivity index (χ3v) is 5.72. The molecule has 24 heavy (non-hydrogen) atoms. The minimum atomic E-state index is -0.139. The number of nitrogens with one attached hydrogen (secondary N) is 2. The predicted molar refractivity (Wildman–Crippen MR) is 98.6 cm³/mol. The number of imidazole rings is 1. The smallest absolute Gasteiger partial charge is 0.237 e. The van der Waals surface area contributed by atoms with Crippen LogP contribution in [0.4, 0.5) is 5.69 Å². The molecule has 0 saturated carbocycles. The first-order valence-electron chi connectivity index (χ1n) is 8.12. The lowest BCUT2D eigenvalue weighted by atomic mass is 10.1. The van der Waals surface area contributed by atoms with Gasteiger partial charge in [-0.05, 0) is 61.6 Å². The van der Waals surface area contributed by atoms with Crippen LogP contribution in [-0.2, 0) is 11.2 Å². The Hall–Kier alpha value is -2.27. The number of para-hydroxylation sites is 1. The zero-order valence-corrected chi connectivity index (χ0v) is 14.5. The van der Waals surface area contributed by atoms with Crippen molar-refractivity contribution in [2.75, 3.05) is 5.32 Å². The summed E-state index contributed by atoms with van der Waals surface area (Å²) in [7, 11) is 0. The van der Waals surface area contributed by atoms with Crippen LogP contribution in [0.25, 0.3) is 11.0 Å². The lowest BCUT2D eigenvalue weighted by molar-refractivity contribution is -0.115. The van der Waals surface area contributed by atoms with Gasteiger partial charge in [0.15, 0.2) is 5.16 Å². The molecule has 122 valence electrons. The molecule has 0 aliphatic carbocycles. The fourth-order valence-corrected chi connectivity index (χ4v) is 4.03. The molecule has 1 atom stereocenters. The number of aryl methyl sites for hydroxylation is 3. The number of hydrogen-bond acceptors (Lipinski definition) is 3. The molecule has 1 amide bonds. The lowest BCUT2D eigenvalue weighted by Crippen LogP contribution is -2.23. The number of carbonyl (C=O) groups excluding carboxylic acids is 1. The summed E-state index contributed by atoms with van der Waals surface area (Å²) in [5.74, 6) is 0.0535. The summed E-state index contributed by atoms with van der Waals surface area (Å²) in [6.45, 7) is 4.19. The summed E-state index contributed by atoms with van der Waals surface area (Å²) in [5, 5.41) is 3.71. The molecule has 0 saturated heterocycles. The molecule has 2 heterocycles. The van der Waals surface area contributed by atoms with Gasteiger partial charge in [-0.15, -0.1) is 0 Å². The van der Waals surface area contributed by atoms with Gasteiger partial charge in [-0.25, -0.2) is 4.98 Å². The van der Waals surface area contributed by atoms with E-state index in [-0.39, 0.29) is 11.2 Å². The SMILES string of the molecule is Cc1cc2nc(SC3CCc4ccccc4NC3=O)[nH]c2cc1C. The largest absolute Gasteiger partial charge is 0.333 e. The summed E-state index contributed by atoms with van der Waals surface area (Å²) in [6, 6.07) is 12.2. The first-order valence-corrected chi connectivity index (χ1v) is 9.00. The van der Waals surface area contributed by atoms with Crippen LogP contribution in [0.2, 0.25) is 0 Å².